The van der Waals surface area contributed by atoms with Crippen LogP contribution in [0.2, 0.25) is 0 Å². The summed E-state index contributed by atoms with van der Waals surface area (Å²) >= 11 is 0. The quantitative estimate of drug-likeness (QED) is 0.666. The third-order valence-corrected chi connectivity index (χ3v) is 4.67. The molecule has 27 heavy (non-hydrogen) atoms. The van der Waals surface area contributed by atoms with E-state index in [1.54, 1.807) is 9.47 Å². The number of tetrazole rings is 1. The van der Waals surface area contributed by atoms with Gasteiger partial charge in [0.25, 0.3) is 5.91 Å². The van der Waals surface area contributed by atoms with Crippen LogP contribution in [0.25, 0.3) is 0 Å². The lowest BCUT2D eigenvalue weighted by molar-refractivity contribution is -0.136. The summed E-state index contributed by atoms with van der Waals surface area (Å²) in [5.74, 6) is 0.0174. The van der Waals surface area contributed by atoms with Crippen molar-refractivity contribution in [2.45, 2.75) is 25.6 Å². The molecule has 2 aromatic heterocycles. The summed E-state index contributed by atoms with van der Waals surface area (Å²) in [7, 11) is 0. The second-order valence-electron chi connectivity index (χ2n) is 6.33. The number of imidazole rings is 1. The molecule has 3 heterocycles. The van der Waals surface area contributed by atoms with Gasteiger partial charge in [0.1, 0.15) is 23.9 Å². The summed E-state index contributed by atoms with van der Waals surface area (Å²) in [6.45, 7) is 1.22. The number of carbonyl (C=O) groups is 2. The van der Waals surface area contributed by atoms with E-state index < -0.39 is 11.9 Å². The summed E-state index contributed by atoms with van der Waals surface area (Å²) < 4.78 is 3.24. The Hall–Kier alpha value is -3.56. The van der Waals surface area contributed by atoms with Crippen molar-refractivity contribution in [1.82, 2.24) is 34.7 Å². The zero-order chi connectivity index (χ0) is 18.8. The first-order chi connectivity index (χ1) is 13.1. The van der Waals surface area contributed by atoms with Crippen molar-refractivity contribution in [2.24, 2.45) is 5.73 Å². The Morgan fingerprint density at radius 3 is 2.70 bits per heavy atom. The normalized spacial score (nSPS) is 14.6. The minimum absolute atomic E-state index is 0.0963. The summed E-state index contributed by atoms with van der Waals surface area (Å²) in [6, 6.07) is 9.16. The van der Waals surface area contributed by atoms with Crippen LogP contribution in [0.5, 0.6) is 0 Å². The third-order valence-electron chi connectivity index (χ3n) is 4.67. The van der Waals surface area contributed by atoms with Gasteiger partial charge in [0.15, 0.2) is 0 Å². The number of carbonyl (C=O) groups excluding carboxylic acids is 2. The molecule has 10 heteroatoms. The first-order valence-corrected chi connectivity index (χ1v) is 8.53. The van der Waals surface area contributed by atoms with Crippen molar-refractivity contribution < 1.29 is 9.59 Å². The van der Waals surface area contributed by atoms with Crippen molar-refractivity contribution in [2.75, 3.05) is 6.54 Å². The molecule has 0 unspecified atom stereocenters. The molecule has 1 aromatic carbocycles. The Labute approximate surface area is 154 Å². The average Bonchev–Trinajstić information content (AvgIpc) is 3.35. The van der Waals surface area contributed by atoms with Crippen molar-refractivity contribution in [1.29, 1.82) is 0 Å². The van der Waals surface area contributed by atoms with Crippen LogP contribution in [0.1, 0.15) is 27.9 Å². The maximum atomic E-state index is 13.2. The highest BCUT2D eigenvalue weighted by Gasteiger charge is 2.31. The van der Waals surface area contributed by atoms with Crippen LogP contribution >= 0.6 is 0 Å². The zero-order valence-electron chi connectivity index (χ0n) is 14.5. The maximum Gasteiger partial charge on any atom is 0.266 e. The van der Waals surface area contributed by atoms with Gasteiger partial charge in [-0.3, -0.25) is 9.59 Å². The molecule has 0 fully saturated rings. The van der Waals surface area contributed by atoms with Gasteiger partial charge in [-0.1, -0.05) is 30.3 Å². The lowest BCUT2D eigenvalue weighted by Gasteiger charge is -2.31. The monoisotopic (exact) mass is 366 g/mol. The fraction of sp³-hybridized carbons (Fsp3) is 0.294. The van der Waals surface area contributed by atoms with Gasteiger partial charge >= 0.3 is 0 Å². The van der Waals surface area contributed by atoms with Gasteiger partial charge in [0, 0.05) is 19.5 Å². The minimum atomic E-state index is -0.556. The number of aromatic nitrogens is 6. The molecule has 138 valence electrons. The largest absolute Gasteiger partial charge is 0.364 e. The van der Waals surface area contributed by atoms with E-state index >= 15 is 0 Å². The Kier molecular flexibility index (Phi) is 4.37. The van der Waals surface area contributed by atoms with E-state index in [4.69, 9.17) is 5.73 Å². The van der Waals surface area contributed by atoms with E-state index in [0.717, 1.165) is 5.56 Å². The maximum absolute atomic E-state index is 13.2. The van der Waals surface area contributed by atoms with Crippen LogP contribution in [0, 0.1) is 0 Å². The van der Waals surface area contributed by atoms with Gasteiger partial charge in [-0.05, 0) is 16.0 Å². The molecule has 3 aromatic rings. The topological polar surface area (TPSA) is 125 Å². The molecule has 1 atom stereocenters. The number of nitrogens with two attached hydrogens (primary N) is 1. The Balaban J connectivity index is 1.57. The Morgan fingerprint density at radius 1 is 1.19 bits per heavy atom. The SMILES string of the molecule is NC(=O)c1cnc2n1CCN(C(=O)[C@H](Cc1ccccc1)n1cnnn1)C2. The van der Waals surface area contributed by atoms with Crippen LogP contribution in [0.4, 0.5) is 0 Å². The van der Waals surface area contributed by atoms with Gasteiger partial charge in [-0.25, -0.2) is 9.67 Å². The number of benzene rings is 1. The van der Waals surface area contributed by atoms with Crippen LogP contribution in [-0.2, 0) is 24.3 Å². The molecule has 1 aliphatic rings. The smallest absolute Gasteiger partial charge is 0.266 e. The molecule has 10 nitrogen and oxygen atoms in total. The van der Waals surface area contributed by atoms with E-state index in [2.05, 4.69) is 20.5 Å². The van der Waals surface area contributed by atoms with E-state index in [0.29, 0.717) is 37.6 Å². The van der Waals surface area contributed by atoms with Gasteiger partial charge in [0.05, 0.1) is 12.7 Å². The molecule has 2 amide bonds. The first-order valence-electron chi connectivity index (χ1n) is 8.53. The highest BCUT2D eigenvalue weighted by molar-refractivity contribution is 5.91. The number of rotatable bonds is 5. The number of hydrogen-bond donors (Lipinski definition) is 1. The van der Waals surface area contributed by atoms with E-state index in [1.165, 1.54) is 17.2 Å². The second-order valence-corrected chi connectivity index (χ2v) is 6.33. The highest BCUT2D eigenvalue weighted by atomic mass is 16.2. The molecule has 2 N–H and O–H groups in total. The lowest BCUT2D eigenvalue weighted by Crippen LogP contribution is -2.43. The average molecular weight is 366 g/mol. The highest BCUT2D eigenvalue weighted by Crippen LogP contribution is 2.21. The fourth-order valence-electron chi connectivity index (χ4n) is 3.30. The van der Waals surface area contributed by atoms with Gasteiger partial charge in [-0.2, -0.15) is 0 Å². The van der Waals surface area contributed by atoms with Crippen molar-refractivity contribution in [3.05, 3.63) is 59.9 Å². The molecular weight excluding hydrogens is 348 g/mol. The molecule has 0 saturated heterocycles. The standard InChI is InChI=1S/C17H18N8O2/c18-16(26)14-9-19-15-10-23(6-7-24(14)15)17(27)13(25-11-20-21-22-25)8-12-4-2-1-3-5-12/h1-5,9,11,13H,6-8,10H2,(H2,18,26)/t13-/m0/s1. The first kappa shape index (κ1) is 16.9. The summed E-state index contributed by atoms with van der Waals surface area (Å²) in [5.41, 5.74) is 6.74. The van der Waals surface area contributed by atoms with Crippen LogP contribution in [-0.4, -0.2) is 53.0 Å². The predicted octanol–water partition coefficient (Wildman–Crippen LogP) is -0.205. The fourth-order valence-corrected chi connectivity index (χ4v) is 3.30. The molecular formula is C17H18N8O2. The zero-order valence-corrected chi connectivity index (χ0v) is 14.5. The molecule has 0 radical (unpaired) electrons. The van der Waals surface area contributed by atoms with E-state index in [-0.39, 0.29) is 5.91 Å². The van der Waals surface area contributed by atoms with Gasteiger partial charge in [-0.15, -0.1) is 5.10 Å². The summed E-state index contributed by atoms with van der Waals surface area (Å²) in [4.78, 5) is 30.7. The van der Waals surface area contributed by atoms with Gasteiger partial charge in [0.2, 0.25) is 5.91 Å². The molecule has 0 spiro atoms. The number of fused-ring (bicyclic) bond motifs is 1. The molecule has 4 rings (SSSR count). The Morgan fingerprint density at radius 2 is 2.00 bits per heavy atom. The lowest BCUT2D eigenvalue weighted by atomic mass is 10.0. The second kappa shape index (κ2) is 6.98. The van der Waals surface area contributed by atoms with Crippen LogP contribution in [0.15, 0.2) is 42.9 Å². The summed E-state index contributed by atoms with van der Waals surface area (Å²) in [6.07, 6.45) is 3.37. The number of hydrogen-bond acceptors (Lipinski definition) is 6. The minimum Gasteiger partial charge on any atom is -0.364 e. The third kappa shape index (κ3) is 3.28. The molecule has 0 saturated carbocycles. The Bertz CT molecular complexity index is 951. The van der Waals surface area contributed by atoms with Crippen molar-refractivity contribution in [3.63, 3.8) is 0 Å². The predicted molar refractivity (Wildman–Crippen MR) is 93.2 cm³/mol. The van der Waals surface area contributed by atoms with Gasteiger partial charge < -0.3 is 15.2 Å². The molecule has 1 aliphatic heterocycles. The van der Waals surface area contributed by atoms with Crippen molar-refractivity contribution >= 4 is 11.8 Å². The van der Waals surface area contributed by atoms with E-state index in [9.17, 15) is 9.59 Å². The number of primary amides is 1. The van der Waals surface area contributed by atoms with Crippen LogP contribution in [0.3, 0.4) is 0 Å². The van der Waals surface area contributed by atoms with Crippen LogP contribution < -0.4 is 5.73 Å². The summed E-state index contributed by atoms with van der Waals surface area (Å²) in [5, 5.41) is 11.3. The number of nitrogens with zero attached hydrogens (tertiary/aromatic N) is 7. The molecule has 0 aliphatic carbocycles. The number of amides is 2. The van der Waals surface area contributed by atoms with Crippen molar-refractivity contribution in [3.8, 4) is 0 Å². The molecule has 0 bridgehead atoms. The van der Waals surface area contributed by atoms with E-state index in [1.807, 2.05) is 30.3 Å².